The molecule has 30 heavy (non-hydrogen) atoms. The predicted octanol–water partition coefficient (Wildman–Crippen LogP) is 3.74. The number of anilines is 1. The molecule has 2 N–H and O–H groups in total. The zero-order valence-corrected chi connectivity index (χ0v) is 18.9. The van der Waals surface area contributed by atoms with Crippen LogP contribution in [0.25, 0.3) is 0 Å². The van der Waals surface area contributed by atoms with Crippen LogP contribution in [0.4, 0.5) is 5.69 Å². The first-order chi connectivity index (χ1) is 14.4. The number of piperidine rings is 1. The molecular formula is C23H28BrN3O3. The van der Waals surface area contributed by atoms with E-state index in [0.717, 1.165) is 41.7 Å². The van der Waals surface area contributed by atoms with Crippen molar-refractivity contribution in [1.29, 1.82) is 0 Å². The normalized spacial score (nSPS) is 16.0. The Bertz CT molecular complexity index is 867. The van der Waals surface area contributed by atoms with E-state index in [1.807, 2.05) is 55.5 Å². The fourth-order valence-corrected chi connectivity index (χ4v) is 4.01. The van der Waals surface area contributed by atoms with Gasteiger partial charge in [0.25, 0.3) is 5.91 Å². The fraction of sp³-hybridized carbons (Fsp3) is 0.391. The zero-order chi connectivity index (χ0) is 21.5. The Labute approximate surface area is 186 Å². The summed E-state index contributed by atoms with van der Waals surface area (Å²) in [5.74, 6) is 0.514. The van der Waals surface area contributed by atoms with Crippen LogP contribution >= 0.6 is 15.9 Å². The van der Waals surface area contributed by atoms with Gasteiger partial charge in [-0.1, -0.05) is 24.3 Å². The van der Waals surface area contributed by atoms with Crippen molar-refractivity contribution >= 4 is 33.4 Å². The Morgan fingerprint density at radius 2 is 1.87 bits per heavy atom. The van der Waals surface area contributed by atoms with Gasteiger partial charge in [0.15, 0.2) is 6.10 Å². The maximum Gasteiger partial charge on any atom is 0.260 e. The second-order valence-corrected chi connectivity index (χ2v) is 8.52. The molecule has 1 heterocycles. The second-order valence-electron chi connectivity index (χ2n) is 7.67. The van der Waals surface area contributed by atoms with Crippen LogP contribution in [-0.2, 0) is 9.59 Å². The van der Waals surface area contributed by atoms with E-state index in [4.69, 9.17) is 4.74 Å². The molecule has 0 aliphatic carbocycles. The highest BCUT2D eigenvalue weighted by molar-refractivity contribution is 9.10. The molecule has 2 amide bonds. The van der Waals surface area contributed by atoms with Crippen molar-refractivity contribution < 1.29 is 14.3 Å². The van der Waals surface area contributed by atoms with Gasteiger partial charge < -0.3 is 15.4 Å². The van der Waals surface area contributed by atoms with Crippen molar-refractivity contribution in [3.63, 3.8) is 0 Å². The van der Waals surface area contributed by atoms with Gasteiger partial charge in [-0.3, -0.25) is 14.5 Å². The lowest BCUT2D eigenvalue weighted by Gasteiger charge is -2.32. The molecule has 0 bridgehead atoms. The molecule has 0 aromatic heterocycles. The summed E-state index contributed by atoms with van der Waals surface area (Å²) in [5, 5.41) is 5.98. The second kappa shape index (κ2) is 10.6. The summed E-state index contributed by atoms with van der Waals surface area (Å²) < 4.78 is 6.65. The van der Waals surface area contributed by atoms with Crippen LogP contribution in [0.3, 0.4) is 0 Å². The summed E-state index contributed by atoms with van der Waals surface area (Å²) in [6.45, 7) is 5.65. The maximum atomic E-state index is 12.5. The van der Waals surface area contributed by atoms with E-state index in [1.54, 1.807) is 6.92 Å². The minimum absolute atomic E-state index is 0.0191. The smallest absolute Gasteiger partial charge is 0.260 e. The Morgan fingerprint density at radius 3 is 2.53 bits per heavy atom. The van der Waals surface area contributed by atoms with Crippen molar-refractivity contribution in [2.24, 2.45) is 0 Å². The molecule has 0 saturated carbocycles. The Kier molecular flexibility index (Phi) is 7.87. The van der Waals surface area contributed by atoms with Gasteiger partial charge in [0.2, 0.25) is 5.91 Å². The van der Waals surface area contributed by atoms with Gasteiger partial charge in [-0.05, 0) is 72.4 Å². The van der Waals surface area contributed by atoms with Gasteiger partial charge in [-0.25, -0.2) is 0 Å². The average molecular weight is 474 g/mol. The first-order valence-corrected chi connectivity index (χ1v) is 11.0. The van der Waals surface area contributed by atoms with Crippen LogP contribution in [0.15, 0.2) is 53.0 Å². The lowest BCUT2D eigenvalue weighted by Crippen LogP contribution is -2.49. The monoisotopic (exact) mass is 473 g/mol. The molecule has 1 aliphatic heterocycles. The van der Waals surface area contributed by atoms with Crippen molar-refractivity contribution in [2.45, 2.75) is 38.8 Å². The Balaban J connectivity index is 1.40. The summed E-state index contributed by atoms with van der Waals surface area (Å²) in [6.07, 6.45) is 1.04. The van der Waals surface area contributed by atoms with Gasteiger partial charge >= 0.3 is 0 Å². The number of amides is 2. The summed E-state index contributed by atoms with van der Waals surface area (Å²) >= 11 is 3.48. The minimum Gasteiger partial charge on any atom is -0.480 e. The maximum absolute atomic E-state index is 12.5. The third kappa shape index (κ3) is 6.57. The van der Waals surface area contributed by atoms with Gasteiger partial charge in [-0.2, -0.15) is 0 Å². The minimum atomic E-state index is -0.585. The van der Waals surface area contributed by atoms with Gasteiger partial charge in [0, 0.05) is 24.8 Å². The number of hydrogen-bond donors (Lipinski definition) is 2. The molecule has 0 radical (unpaired) electrons. The topological polar surface area (TPSA) is 70.7 Å². The molecule has 160 valence electrons. The van der Waals surface area contributed by atoms with Crippen LogP contribution in [-0.4, -0.2) is 48.5 Å². The molecular weight excluding hydrogens is 446 g/mol. The number of carbonyl (C=O) groups is 2. The molecule has 3 rings (SSSR count). The number of benzene rings is 2. The average Bonchev–Trinajstić information content (AvgIpc) is 2.72. The summed E-state index contributed by atoms with van der Waals surface area (Å²) in [7, 11) is 0. The van der Waals surface area contributed by atoms with Crippen LogP contribution < -0.4 is 15.4 Å². The number of nitrogens with zero attached hydrogens (tertiary/aromatic N) is 1. The van der Waals surface area contributed by atoms with Crippen LogP contribution in [0.5, 0.6) is 5.75 Å². The lowest BCUT2D eigenvalue weighted by molar-refractivity contribution is -0.128. The number of nitrogens with one attached hydrogen (secondary N) is 2. The molecule has 1 atom stereocenters. The Morgan fingerprint density at radius 1 is 1.17 bits per heavy atom. The van der Waals surface area contributed by atoms with Gasteiger partial charge in [0.1, 0.15) is 5.75 Å². The number of likely N-dealkylation sites (tertiary alicyclic amines) is 1. The van der Waals surface area contributed by atoms with E-state index in [1.165, 1.54) is 0 Å². The molecule has 7 heteroatoms. The van der Waals surface area contributed by atoms with Gasteiger partial charge in [0.05, 0.1) is 11.0 Å². The number of carbonyl (C=O) groups excluding carboxylic acids is 2. The zero-order valence-electron chi connectivity index (χ0n) is 17.4. The van der Waals surface area contributed by atoms with Crippen molar-refractivity contribution in [3.05, 3.63) is 58.6 Å². The van der Waals surface area contributed by atoms with E-state index in [2.05, 4.69) is 31.5 Å². The van der Waals surface area contributed by atoms with Gasteiger partial charge in [-0.15, -0.1) is 0 Å². The standard InChI is InChI=1S/C23H28BrN3O3/c1-16-8-9-21(20(24)14-16)30-17(2)23(29)26-19-10-12-27(13-11-19)15-22(28)25-18-6-4-3-5-7-18/h3-9,14,17,19H,10-13,15H2,1-2H3,(H,25,28)(H,26,29). The molecule has 1 fully saturated rings. The summed E-state index contributed by atoms with van der Waals surface area (Å²) in [6, 6.07) is 15.3. The molecule has 1 saturated heterocycles. The number of halogens is 1. The van der Waals surface area contributed by atoms with E-state index >= 15 is 0 Å². The number of rotatable bonds is 7. The van der Waals surface area contributed by atoms with Crippen molar-refractivity contribution in [3.8, 4) is 5.75 Å². The largest absolute Gasteiger partial charge is 0.480 e. The molecule has 6 nitrogen and oxygen atoms in total. The number of hydrogen-bond acceptors (Lipinski definition) is 4. The number of ether oxygens (including phenoxy) is 1. The highest BCUT2D eigenvalue weighted by atomic mass is 79.9. The summed E-state index contributed by atoms with van der Waals surface area (Å²) in [5.41, 5.74) is 1.93. The molecule has 2 aromatic rings. The van der Waals surface area contributed by atoms with E-state index in [9.17, 15) is 9.59 Å². The quantitative estimate of drug-likeness (QED) is 0.642. The predicted molar refractivity (Wildman–Crippen MR) is 122 cm³/mol. The van der Waals surface area contributed by atoms with Crippen molar-refractivity contribution in [1.82, 2.24) is 10.2 Å². The number of aryl methyl sites for hydroxylation is 1. The SMILES string of the molecule is Cc1ccc(OC(C)C(=O)NC2CCN(CC(=O)Nc3ccccc3)CC2)c(Br)c1. The van der Waals surface area contributed by atoms with Crippen LogP contribution in [0, 0.1) is 6.92 Å². The third-order valence-electron chi connectivity index (χ3n) is 5.12. The highest BCUT2D eigenvalue weighted by Crippen LogP contribution is 2.26. The first-order valence-electron chi connectivity index (χ1n) is 10.2. The van der Waals surface area contributed by atoms with E-state index in [0.29, 0.717) is 12.3 Å². The van der Waals surface area contributed by atoms with E-state index in [-0.39, 0.29) is 17.9 Å². The Hall–Kier alpha value is -2.38. The third-order valence-corrected chi connectivity index (χ3v) is 5.74. The highest BCUT2D eigenvalue weighted by Gasteiger charge is 2.24. The van der Waals surface area contributed by atoms with Crippen molar-refractivity contribution in [2.75, 3.05) is 25.0 Å². The fourth-order valence-electron chi connectivity index (χ4n) is 3.42. The summed E-state index contributed by atoms with van der Waals surface area (Å²) in [4.78, 5) is 26.9. The van der Waals surface area contributed by atoms with E-state index < -0.39 is 6.10 Å². The first kappa shape index (κ1) is 22.3. The molecule has 0 spiro atoms. The number of para-hydroxylation sites is 1. The molecule has 1 aliphatic rings. The van der Waals surface area contributed by atoms with Crippen LogP contribution in [0.1, 0.15) is 25.3 Å². The van der Waals surface area contributed by atoms with Crippen LogP contribution in [0.2, 0.25) is 0 Å². The molecule has 1 unspecified atom stereocenters. The molecule has 2 aromatic carbocycles. The lowest BCUT2D eigenvalue weighted by atomic mass is 10.0.